The van der Waals surface area contributed by atoms with E-state index in [0.717, 1.165) is 5.39 Å². The van der Waals surface area contributed by atoms with Gasteiger partial charge in [0.1, 0.15) is 17.2 Å². The first-order chi connectivity index (χ1) is 13.0. The monoisotopic (exact) mass is 401 g/mol. The molecule has 2 aromatic carbocycles. The lowest BCUT2D eigenvalue weighted by Gasteiger charge is -2.14. The summed E-state index contributed by atoms with van der Waals surface area (Å²) in [6, 6.07) is 10.5. The minimum absolute atomic E-state index is 0.201. The number of fused-ring (bicyclic) bond motifs is 1. The van der Waals surface area contributed by atoms with Crippen molar-refractivity contribution in [3.63, 3.8) is 0 Å². The molecule has 0 aliphatic carbocycles. The number of nitrogens with one attached hydrogen (secondary N) is 2. The first kappa shape index (κ1) is 18.9. The van der Waals surface area contributed by atoms with Gasteiger partial charge in [-0.05, 0) is 24.3 Å². The maximum absolute atomic E-state index is 11.5. The predicted octanol–water partition coefficient (Wildman–Crippen LogP) is 5.02. The molecule has 1 amide bonds. The van der Waals surface area contributed by atoms with Gasteiger partial charge in [0.05, 0.1) is 34.5 Å². The number of pyridine rings is 1. The lowest BCUT2D eigenvalue weighted by Crippen LogP contribution is -2.07. The number of nitrogens with zero attached hydrogens (tertiary/aromatic N) is 1. The average molecular weight is 402 g/mol. The largest absolute Gasteiger partial charge is 0.494 e. The standard InChI is InChI=1S/C19H16ClN3O3S/c1-11(24)23-17-8-13-16(9-19(17)25-2)21-6-5-18(13)26-12-3-4-15(22-10-27)14(20)7-12/h3-10H,1-2H3,(H,22,27)(H,23,24). The molecule has 2 N–H and O–H groups in total. The third kappa shape index (κ3) is 4.27. The Morgan fingerprint density at radius 2 is 2.00 bits per heavy atom. The number of hydrogen-bond donors (Lipinski definition) is 2. The Morgan fingerprint density at radius 1 is 1.19 bits per heavy atom. The van der Waals surface area contributed by atoms with E-state index in [-0.39, 0.29) is 5.91 Å². The predicted molar refractivity (Wildman–Crippen MR) is 111 cm³/mol. The zero-order valence-electron chi connectivity index (χ0n) is 14.6. The van der Waals surface area contributed by atoms with Gasteiger partial charge in [-0.25, -0.2) is 0 Å². The number of anilines is 2. The van der Waals surface area contributed by atoms with E-state index in [1.54, 1.807) is 42.6 Å². The van der Waals surface area contributed by atoms with E-state index >= 15 is 0 Å². The van der Waals surface area contributed by atoms with Crippen LogP contribution in [0.3, 0.4) is 0 Å². The van der Waals surface area contributed by atoms with Gasteiger partial charge < -0.3 is 20.1 Å². The molecule has 27 heavy (non-hydrogen) atoms. The summed E-state index contributed by atoms with van der Waals surface area (Å²) in [5, 5.41) is 6.82. The van der Waals surface area contributed by atoms with Crippen molar-refractivity contribution in [3.8, 4) is 17.2 Å². The van der Waals surface area contributed by atoms with Crippen LogP contribution in [-0.4, -0.2) is 23.5 Å². The number of carbonyl (C=O) groups excluding carboxylic acids is 1. The van der Waals surface area contributed by atoms with Crippen LogP contribution in [0.5, 0.6) is 17.2 Å². The van der Waals surface area contributed by atoms with Crippen LogP contribution in [0, 0.1) is 0 Å². The highest BCUT2D eigenvalue weighted by molar-refractivity contribution is 7.79. The topological polar surface area (TPSA) is 72.5 Å². The van der Waals surface area contributed by atoms with Gasteiger partial charge in [-0.15, -0.1) is 0 Å². The van der Waals surface area contributed by atoms with Gasteiger partial charge in [0.2, 0.25) is 5.91 Å². The zero-order chi connectivity index (χ0) is 19.4. The van der Waals surface area contributed by atoms with Crippen molar-refractivity contribution in [2.45, 2.75) is 6.92 Å². The number of rotatable bonds is 6. The molecule has 0 saturated carbocycles. The molecule has 6 nitrogen and oxygen atoms in total. The quantitative estimate of drug-likeness (QED) is 0.565. The number of hydrogen-bond acceptors (Lipinski definition) is 5. The molecule has 0 spiro atoms. The van der Waals surface area contributed by atoms with E-state index in [0.29, 0.717) is 39.2 Å². The number of halogens is 1. The van der Waals surface area contributed by atoms with E-state index in [2.05, 4.69) is 15.6 Å². The summed E-state index contributed by atoms with van der Waals surface area (Å²) in [5.74, 6) is 1.44. The third-order valence-electron chi connectivity index (χ3n) is 3.72. The molecule has 0 radical (unpaired) electrons. The number of aromatic nitrogens is 1. The molecule has 0 aliphatic rings. The highest BCUT2D eigenvalue weighted by Gasteiger charge is 2.12. The average Bonchev–Trinajstić information content (AvgIpc) is 2.63. The molecular weight excluding hydrogens is 386 g/mol. The number of methoxy groups -OCH3 is 1. The Bertz CT molecular complexity index is 1030. The van der Waals surface area contributed by atoms with E-state index in [4.69, 9.17) is 33.3 Å². The summed E-state index contributed by atoms with van der Waals surface area (Å²) in [4.78, 5) is 15.8. The molecule has 1 heterocycles. The molecule has 138 valence electrons. The first-order valence-electron chi connectivity index (χ1n) is 7.93. The molecule has 0 unspecified atom stereocenters. The molecule has 0 fully saturated rings. The summed E-state index contributed by atoms with van der Waals surface area (Å²) in [6.07, 6.45) is 1.64. The number of benzene rings is 2. The highest BCUT2D eigenvalue weighted by atomic mass is 35.5. The normalized spacial score (nSPS) is 10.3. The molecule has 0 saturated heterocycles. The molecule has 8 heteroatoms. The number of ether oxygens (including phenoxy) is 2. The summed E-state index contributed by atoms with van der Waals surface area (Å²) in [5.41, 5.74) is 3.28. The molecule has 1 aromatic heterocycles. The smallest absolute Gasteiger partial charge is 0.221 e. The van der Waals surface area contributed by atoms with E-state index in [1.807, 2.05) is 0 Å². The highest BCUT2D eigenvalue weighted by Crippen LogP contribution is 2.37. The van der Waals surface area contributed by atoms with Crippen molar-refractivity contribution >= 4 is 57.5 Å². The van der Waals surface area contributed by atoms with Crippen molar-refractivity contribution in [2.24, 2.45) is 0 Å². The van der Waals surface area contributed by atoms with Gasteiger partial charge in [-0.2, -0.15) is 0 Å². The molecule has 0 aliphatic heterocycles. The van der Waals surface area contributed by atoms with Gasteiger partial charge in [0.25, 0.3) is 0 Å². The van der Waals surface area contributed by atoms with Gasteiger partial charge in [0.15, 0.2) is 0 Å². The van der Waals surface area contributed by atoms with E-state index in [9.17, 15) is 4.79 Å². The maximum atomic E-state index is 11.5. The van der Waals surface area contributed by atoms with Crippen LogP contribution in [0.1, 0.15) is 6.92 Å². The van der Waals surface area contributed by atoms with E-state index < -0.39 is 0 Å². The fourth-order valence-corrected chi connectivity index (χ4v) is 2.91. The van der Waals surface area contributed by atoms with Gasteiger partial charge >= 0.3 is 0 Å². The Morgan fingerprint density at radius 3 is 2.67 bits per heavy atom. The minimum atomic E-state index is -0.201. The van der Waals surface area contributed by atoms with Crippen molar-refractivity contribution in [2.75, 3.05) is 17.7 Å². The summed E-state index contributed by atoms with van der Waals surface area (Å²) >= 11 is 11.0. The van der Waals surface area contributed by atoms with Gasteiger partial charge in [-0.3, -0.25) is 9.78 Å². The third-order valence-corrected chi connectivity index (χ3v) is 4.15. The van der Waals surface area contributed by atoms with Crippen LogP contribution in [0.2, 0.25) is 5.02 Å². The molecule has 3 rings (SSSR count). The Balaban J connectivity index is 2.02. The van der Waals surface area contributed by atoms with Crippen LogP contribution < -0.4 is 20.1 Å². The fraction of sp³-hybridized carbons (Fsp3) is 0.105. The molecular formula is C19H16ClN3O3S. The van der Waals surface area contributed by atoms with Crippen LogP contribution in [0.15, 0.2) is 42.6 Å². The van der Waals surface area contributed by atoms with Gasteiger partial charge in [-0.1, -0.05) is 23.8 Å². The van der Waals surface area contributed by atoms with Crippen molar-refractivity contribution in [1.29, 1.82) is 0 Å². The molecule has 0 atom stereocenters. The molecule has 0 bridgehead atoms. The van der Waals surface area contributed by atoms with Crippen LogP contribution in [-0.2, 0) is 4.79 Å². The summed E-state index contributed by atoms with van der Waals surface area (Å²) < 4.78 is 11.3. The van der Waals surface area contributed by atoms with Crippen molar-refractivity contribution < 1.29 is 14.3 Å². The number of carbonyl (C=O) groups is 1. The SMILES string of the molecule is COc1cc2nccc(Oc3ccc(NC=S)c(Cl)c3)c2cc1NC(C)=O. The van der Waals surface area contributed by atoms with Crippen molar-refractivity contribution in [1.82, 2.24) is 4.98 Å². The lowest BCUT2D eigenvalue weighted by atomic mass is 10.1. The van der Waals surface area contributed by atoms with E-state index in [1.165, 1.54) is 19.5 Å². The number of thiocarbonyl (C=S) groups is 1. The lowest BCUT2D eigenvalue weighted by molar-refractivity contribution is -0.114. The van der Waals surface area contributed by atoms with Gasteiger partial charge in [0, 0.05) is 30.6 Å². The Labute approximate surface area is 166 Å². The van der Waals surface area contributed by atoms with Crippen LogP contribution in [0.4, 0.5) is 11.4 Å². The fourth-order valence-electron chi connectivity index (χ4n) is 2.56. The zero-order valence-corrected chi connectivity index (χ0v) is 16.1. The number of amides is 1. The Hall–Kier alpha value is -2.90. The Kier molecular flexibility index (Phi) is 5.73. The summed E-state index contributed by atoms with van der Waals surface area (Å²) in [6.45, 7) is 1.43. The van der Waals surface area contributed by atoms with Crippen LogP contribution in [0.25, 0.3) is 10.9 Å². The second kappa shape index (κ2) is 8.20. The first-order valence-corrected chi connectivity index (χ1v) is 8.78. The van der Waals surface area contributed by atoms with Crippen molar-refractivity contribution in [3.05, 3.63) is 47.6 Å². The second-order valence-electron chi connectivity index (χ2n) is 5.57. The minimum Gasteiger partial charge on any atom is -0.494 e. The maximum Gasteiger partial charge on any atom is 0.221 e. The summed E-state index contributed by atoms with van der Waals surface area (Å²) in [7, 11) is 1.53. The second-order valence-corrected chi connectivity index (χ2v) is 6.21. The molecule has 3 aromatic rings. The van der Waals surface area contributed by atoms with Crippen LogP contribution >= 0.6 is 23.8 Å².